The Kier molecular flexibility index (Phi) is 5.50. The summed E-state index contributed by atoms with van der Waals surface area (Å²) in [5.41, 5.74) is 1.27. The van der Waals surface area contributed by atoms with Gasteiger partial charge in [0.2, 0.25) is 21.7 Å². The molecule has 2 aromatic carbocycles. The molecule has 27 heavy (non-hydrogen) atoms. The first-order valence-electron chi connectivity index (χ1n) is 8.01. The third kappa shape index (κ3) is 4.13. The van der Waals surface area contributed by atoms with E-state index in [0.29, 0.717) is 22.2 Å². The second-order valence-corrected chi connectivity index (χ2v) is 8.37. The number of ether oxygens (including phenoxy) is 1. The van der Waals surface area contributed by atoms with Crippen molar-refractivity contribution in [1.29, 1.82) is 0 Å². The maximum Gasteiger partial charge on any atom is 0.243 e. The number of halogens is 1. The first-order valence-corrected chi connectivity index (χ1v) is 9.82. The molecule has 0 saturated carbocycles. The summed E-state index contributed by atoms with van der Waals surface area (Å²) in [6, 6.07) is 11.6. The highest BCUT2D eigenvalue weighted by Gasteiger charge is 2.24. The van der Waals surface area contributed by atoms with Crippen molar-refractivity contribution in [2.75, 3.05) is 14.2 Å². The van der Waals surface area contributed by atoms with E-state index in [0.717, 1.165) is 5.56 Å². The average Bonchev–Trinajstić information content (AvgIpc) is 3.09. The van der Waals surface area contributed by atoms with E-state index in [1.54, 1.807) is 37.3 Å². The van der Waals surface area contributed by atoms with E-state index in [1.165, 1.54) is 30.6 Å². The first-order chi connectivity index (χ1) is 12.8. The third-order valence-electron chi connectivity index (χ3n) is 3.97. The van der Waals surface area contributed by atoms with Crippen molar-refractivity contribution >= 4 is 21.6 Å². The van der Waals surface area contributed by atoms with Gasteiger partial charge in [0.1, 0.15) is 5.75 Å². The smallest absolute Gasteiger partial charge is 0.243 e. The zero-order chi connectivity index (χ0) is 19.6. The Morgan fingerprint density at radius 2 is 1.89 bits per heavy atom. The zero-order valence-corrected chi connectivity index (χ0v) is 16.6. The molecule has 0 amide bonds. The Balaban J connectivity index is 1.95. The maximum atomic E-state index is 13.0. The normalized spacial score (nSPS) is 11.7. The van der Waals surface area contributed by atoms with Gasteiger partial charge in [-0.25, -0.2) is 8.42 Å². The Bertz CT molecular complexity index is 1050. The summed E-state index contributed by atoms with van der Waals surface area (Å²) in [6.45, 7) is 1.87. The highest BCUT2D eigenvalue weighted by molar-refractivity contribution is 7.89. The Hall–Kier alpha value is -2.42. The van der Waals surface area contributed by atoms with Crippen LogP contribution in [0.15, 0.2) is 51.9 Å². The summed E-state index contributed by atoms with van der Waals surface area (Å²) in [6.07, 6.45) is 0. The summed E-state index contributed by atoms with van der Waals surface area (Å²) in [4.78, 5) is 4.26. The van der Waals surface area contributed by atoms with Crippen LogP contribution in [0.25, 0.3) is 11.4 Å². The minimum atomic E-state index is -3.74. The van der Waals surface area contributed by atoms with E-state index < -0.39 is 10.0 Å². The highest BCUT2D eigenvalue weighted by atomic mass is 35.5. The van der Waals surface area contributed by atoms with Crippen molar-refractivity contribution in [3.63, 3.8) is 0 Å². The summed E-state index contributed by atoms with van der Waals surface area (Å²) >= 11 is 5.88. The van der Waals surface area contributed by atoms with Crippen molar-refractivity contribution in [2.45, 2.75) is 18.4 Å². The largest absolute Gasteiger partial charge is 0.496 e. The molecule has 0 aliphatic heterocycles. The molecule has 0 fully saturated rings. The molecule has 0 atom stereocenters. The van der Waals surface area contributed by atoms with E-state index in [9.17, 15) is 8.42 Å². The summed E-state index contributed by atoms with van der Waals surface area (Å²) in [5.74, 6) is 1.09. The minimum Gasteiger partial charge on any atom is -0.496 e. The molecule has 0 spiro atoms. The fraction of sp³-hybridized carbons (Fsp3) is 0.222. The van der Waals surface area contributed by atoms with E-state index in [4.69, 9.17) is 20.9 Å². The topological polar surface area (TPSA) is 85.5 Å². The second-order valence-electron chi connectivity index (χ2n) is 5.89. The van der Waals surface area contributed by atoms with Crippen molar-refractivity contribution in [2.24, 2.45) is 0 Å². The van der Waals surface area contributed by atoms with Gasteiger partial charge in [-0.15, -0.1) is 0 Å². The van der Waals surface area contributed by atoms with Crippen molar-refractivity contribution in [3.8, 4) is 17.1 Å². The molecule has 0 aliphatic rings. The van der Waals surface area contributed by atoms with Gasteiger partial charge in [-0.05, 0) is 35.9 Å². The van der Waals surface area contributed by atoms with Gasteiger partial charge in [0.15, 0.2) is 0 Å². The van der Waals surface area contributed by atoms with Gasteiger partial charge in [-0.1, -0.05) is 28.9 Å². The number of aryl methyl sites for hydroxylation is 1. The van der Waals surface area contributed by atoms with Gasteiger partial charge >= 0.3 is 0 Å². The van der Waals surface area contributed by atoms with Gasteiger partial charge in [0.25, 0.3) is 0 Å². The van der Waals surface area contributed by atoms with E-state index >= 15 is 0 Å². The Labute approximate surface area is 162 Å². The lowest BCUT2D eigenvalue weighted by Gasteiger charge is -2.18. The molecule has 3 rings (SSSR count). The molecule has 0 N–H and O–H groups in total. The quantitative estimate of drug-likeness (QED) is 0.621. The predicted molar refractivity (Wildman–Crippen MR) is 101 cm³/mol. The lowest BCUT2D eigenvalue weighted by molar-refractivity contribution is 0.392. The first kappa shape index (κ1) is 19.3. The number of hydrogen-bond acceptors (Lipinski definition) is 6. The van der Waals surface area contributed by atoms with Crippen LogP contribution in [-0.4, -0.2) is 37.0 Å². The van der Waals surface area contributed by atoms with E-state index in [-0.39, 0.29) is 17.3 Å². The summed E-state index contributed by atoms with van der Waals surface area (Å²) in [7, 11) is -0.725. The molecule has 3 aromatic rings. The zero-order valence-electron chi connectivity index (χ0n) is 15.0. The molecule has 1 aromatic heterocycles. The van der Waals surface area contributed by atoms with Crippen LogP contribution < -0.4 is 4.74 Å². The summed E-state index contributed by atoms with van der Waals surface area (Å²) in [5, 5.41) is 4.45. The molecule has 0 aliphatic carbocycles. The third-order valence-corrected chi connectivity index (χ3v) is 6.02. The predicted octanol–water partition coefficient (Wildman–Crippen LogP) is 3.53. The number of sulfonamides is 1. The molecule has 0 saturated heterocycles. The van der Waals surface area contributed by atoms with Crippen molar-refractivity contribution < 1.29 is 17.7 Å². The van der Waals surface area contributed by atoms with Crippen LogP contribution in [0.2, 0.25) is 5.02 Å². The van der Waals surface area contributed by atoms with E-state index in [1.807, 2.05) is 0 Å². The lowest BCUT2D eigenvalue weighted by atomic mass is 10.2. The van der Waals surface area contributed by atoms with Crippen LogP contribution in [0, 0.1) is 6.92 Å². The van der Waals surface area contributed by atoms with Gasteiger partial charge in [0, 0.05) is 25.5 Å². The number of rotatable bonds is 6. The molecule has 0 radical (unpaired) electrons. The van der Waals surface area contributed by atoms with Crippen LogP contribution in [0.5, 0.6) is 5.75 Å². The van der Waals surface area contributed by atoms with Gasteiger partial charge in [0.05, 0.1) is 17.6 Å². The second kappa shape index (κ2) is 7.67. The van der Waals surface area contributed by atoms with E-state index in [2.05, 4.69) is 10.1 Å². The van der Waals surface area contributed by atoms with Crippen LogP contribution in [0.1, 0.15) is 11.5 Å². The van der Waals surface area contributed by atoms with Crippen LogP contribution in [0.4, 0.5) is 0 Å². The SMILES string of the molecule is COc1ccc(S(=O)(=O)N(C)Cc2ccc(Cl)cc2)cc1-c1noc(C)n1. The highest BCUT2D eigenvalue weighted by Crippen LogP contribution is 2.31. The van der Waals surface area contributed by atoms with Gasteiger partial charge in [-0.3, -0.25) is 0 Å². The fourth-order valence-corrected chi connectivity index (χ4v) is 3.85. The Morgan fingerprint density at radius 1 is 1.19 bits per heavy atom. The number of nitrogens with zero attached hydrogens (tertiary/aromatic N) is 3. The van der Waals surface area contributed by atoms with Crippen LogP contribution >= 0.6 is 11.6 Å². The Morgan fingerprint density at radius 3 is 2.48 bits per heavy atom. The van der Waals surface area contributed by atoms with Crippen molar-refractivity contribution in [1.82, 2.24) is 14.4 Å². The lowest BCUT2D eigenvalue weighted by Crippen LogP contribution is -2.26. The monoisotopic (exact) mass is 407 g/mol. The molecule has 1 heterocycles. The van der Waals surface area contributed by atoms with Crippen LogP contribution in [-0.2, 0) is 16.6 Å². The summed E-state index contributed by atoms with van der Waals surface area (Å²) < 4.78 is 37.5. The maximum absolute atomic E-state index is 13.0. The average molecular weight is 408 g/mol. The number of methoxy groups -OCH3 is 1. The number of aromatic nitrogens is 2. The van der Waals surface area contributed by atoms with Crippen molar-refractivity contribution in [3.05, 3.63) is 58.9 Å². The molecule has 142 valence electrons. The van der Waals surface area contributed by atoms with Gasteiger partial charge < -0.3 is 9.26 Å². The standard InChI is InChI=1S/C18H18ClN3O4S/c1-12-20-18(21-26-12)16-10-15(8-9-17(16)25-3)27(23,24)22(2)11-13-4-6-14(19)7-5-13/h4-10H,11H2,1-3H3. The molecular weight excluding hydrogens is 390 g/mol. The fourth-order valence-electron chi connectivity index (χ4n) is 2.54. The molecule has 7 nitrogen and oxygen atoms in total. The van der Waals surface area contributed by atoms with Crippen LogP contribution in [0.3, 0.4) is 0 Å². The molecular formula is C18H18ClN3O4S. The molecule has 9 heteroatoms. The van der Waals surface area contributed by atoms with Gasteiger partial charge in [-0.2, -0.15) is 9.29 Å². The molecule has 0 bridgehead atoms. The molecule has 0 unspecified atom stereocenters. The number of benzene rings is 2. The number of hydrogen-bond donors (Lipinski definition) is 0. The minimum absolute atomic E-state index is 0.109.